The van der Waals surface area contributed by atoms with E-state index in [0.717, 1.165) is 11.1 Å². The number of nitriles is 1. The average Bonchev–Trinajstić information content (AvgIpc) is 2.43. The highest BCUT2D eigenvalue weighted by Gasteiger charge is 2.37. The van der Waals surface area contributed by atoms with Gasteiger partial charge >= 0.3 is 0 Å². The molecule has 2 rings (SSSR count). The number of hydrogen-bond acceptors (Lipinski definition) is 5. The SMILES string of the molecule is CC(C)(C)c1cc2c(c(C(C)(C)C)c1)OC(N)=C(C#N)[C@H]2C[N+](=O)[O-]. The van der Waals surface area contributed by atoms with Gasteiger partial charge in [0.1, 0.15) is 17.4 Å². The van der Waals surface area contributed by atoms with Gasteiger partial charge in [-0.15, -0.1) is 0 Å². The first-order chi connectivity index (χ1) is 11.4. The van der Waals surface area contributed by atoms with Gasteiger partial charge < -0.3 is 10.5 Å². The Labute approximate surface area is 148 Å². The van der Waals surface area contributed by atoms with E-state index in [4.69, 9.17) is 10.5 Å². The van der Waals surface area contributed by atoms with Crippen LogP contribution < -0.4 is 10.5 Å². The monoisotopic (exact) mass is 343 g/mol. The number of nitrogens with two attached hydrogens (primary N) is 1. The first kappa shape index (κ1) is 18.8. The molecule has 134 valence electrons. The third-order valence-corrected chi connectivity index (χ3v) is 4.45. The maximum atomic E-state index is 11.2. The van der Waals surface area contributed by atoms with Crippen LogP contribution in [0.3, 0.4) is 0 Å². The van der Waals surface area contributed by atoms with E-state index in [1.807, 2.05) is 12.1 Å². The molecule has 0 amide bonds. The number of benzene rings is 1. The quantitative estimate of drug-likeness (QED) is 0.651. The first-order valence-corrected chi connectivity index (χ1v) is 8.24. The van der Waals surface area contributed by atoms with Crippen LogP contribution >= 0.6 is 0 Å². The summed E-state index contributed by atoms with van der Waals surface area (Å²) in [5, 5.41) is 20.6. The zero-order valence-corrected chi connectivity index (χ0v) is 15.6. The number of nitro groups is 1. The predicted molar refractivity (Wildman–Crippen MR) is 95.9 cm³/mol. The van der Waals surface area contributed by atoms with Crippen LogP contribution in [-0.4, -0.2) is 11.5 Å². The Bertz CT molecular complexity index is 790. The summed E-state index contributed by atoms with van der Waals surface area (Å²) in [4.78, 5) is 10.8. The molecule has 1 aromatic carbocycles. The zero-order valence-electron chi connectivity index (χ0n) is 15.6. The van der Waals surface area contributed by atoms with Crippen molar-refractivity contribution >= 4 is 0 Å². The van der Waals surface area contributed by atoms with Crippen LogP contribution in [0.4, 0.5) is 0 Å². The third kappa shape index (κ3) is 3.60. The van der Waals surface area contributed by atoms with Gasteiger partial charge in [-0.05, 0) is 16.4 Å². The molecule has 0 saturated carbocycles. The molecule has 1 atom stereocenters. The minimum Gasteiger partial charge on any atom is -0.440 e. The average molecular weight is 343 g/mol. The van der Waals surface area contributed by atoms with Crippen molar-refractivity contribution in [1.82, 2.24) is 0 Å². The van der Waals surface area contributed by atoms with Gasteiger partial charge in [-0.1, -0.05) is 53.7 Å². The molecular weight excluding hydrogens is 318 g/mol. The molecule has 1 aliphatic rings. The second-order valence-electron chi connectivity index (χ2n) is 8.50. The number of ether oxygens (including phenoxy) is 1. The predicted octanol–water partition coefficient (Wildman–Crippen LogP) is 3.73. The number of hydrogen-bond donors (Lipinski definition) is 1. The molecule has 1 aliphatic heterocycles. The number of fused-ring (bicyclic) bond motifs is 1. The van der Waals surface area contributed by atoms with E-state index in [-0.39, 0.29) is 22.3 Å². The molecule has 6 heteroatoms. The second-order valence-corrected chi connectivity index (χ2v) is 8.50. The third-order valence-electron chi connectivity index (χ3n) is 4.45. The van der Waals surface area contributed by atoms with E-state index in [2.05, 4.69) is 47.6 Å². The Kier molecular flexibility index (Phi) is 4.56. The summed E-state index contributed by atoms with van der Waals surface area (Å²) < 4.78 is 5.78. The van der Waals surface area contributed by atoms with Crippen molar-refractivity contribution in [3.8, 4) is 11.8 Å². The summed E-state index contributed by atoms with van der Waals surface area (Å²) >= 11 is 0. The van der Waals surface area contributed by atoms with Crippen molar-refractivity contribution in [3.63, 3.8) is 0 Å². The summed E-state index contributed by atoms with van der Waals surface area (Å²) in [5.74, 6) is -0.202. The zero-order chi connectivity index (χ0) is 19.2. The standard InChI is InChI=1S/C19H25N3O3/c1-18(2,3)11-7-12-14(10-22(23)24)13(9-20)17(21)25-16(12)15(8-11)19(4,5)6/h7-8,14H,10,21H2,1-6H3/t14-/m0/s1. The lowest BCUT2D eigenvalue weighted by molar-refractivity contribution is -0.482. The molecular formula is C19H25N3O3. The Balaban J connectivity index is 2.83. The van der Waals surface area contributed by atoms with Crippen LogP contribution in [0.2, 0.25) is 0 Å². The normalized spacial score (nSPS) is 17.6. The molecule has 6 nitrogen and oxygen atoms in total. The molecule has 0 fully saturated rings. The van der Waals surface area contributed by atoms with Crippen LogP contribution in [0, 0.1) is 21.4 Å². The van der Waals surface area contributed by atoms with Gasteiger partial charge in [-0.25, -0.2) is 0 Å². The van der Waals surface area contributed by atoms with Gasteiger partial charge in [-0.2, -0.15) is 5.26 Å². The molecule has 0 bridgehead atoms. The Morgan fingerprint density at radius 1 is 1.24 bits per heavy atom. The minimum absolute atomic E-state index is 0.0455. The Hall–Kier alpha value is -2.55. The Morgan fingerprint density at radius 2 is 1.84 bits per heavy atom. The molecule has 0 spiro atoms. The highest BCUT2D eigenvalue weighted by Crippen LogP contribution is 2.46. The number of nitrogens with zero attached hydrogens (tertiary/aromatic N) is 2. The van der Waals surface area contributed by atoms with Crippen LogP contribution in [0.25, 0.3) is 0 Å². The molecule has 2 N–H and O–H groups in total. The smallest absolute Gasteiger partial charge is 0.215 e. The summed E-state index contributed by atoms with van der Waals surface area (Å²) in [7, 11) is 0. The summed E-state index contributed by atoms with van der Waals surface area (Å²) in [6.07, 6.45) is 0. The maximum Gasteiger partial charge on any atom is 0.215 e. The van der Waals surface area contributed by atoms with Gasteiger partial charge in [0, 0.05) is 16.1 Å². The second kappa shape index (κ2) is 6.07. The van der Waals surface area contributed by atoms with E-state index in [1.165, 1.54) is 0 Å². The highest BCUT2D eigenvalue weighted by molar-refractivity contribution is 5.57. The maximum absolute atomic E-state index is 11.2. The fourth-order valence-corrected chi connectivity index (χ4v) is 2.98. The topological polar surface area (TPSA) is 102 Å². The number of rotatable bonds is 2. The van der Waals surface area contributed by atoms with Crippen LogP contribution in [0.15, 0.2) is 23.6 Å². The van der Waals surface area contributed by atoms with E-state index in [0.29, 0.717) is 11.3 Å². The summed E-state index contributed by atoms with van der Waals surface area (Å²) in [6, 6.07) is 5.99. The molecule has 0 radical (unpaired) electrons. The van der Waals surface area contributed by atoms with Crippen LogP contribution in [0.5, 0.6) is 5.75 Å². The van der Waals surface area contributed by atoms with Crippen molar-refractivity contribution < 1.29 is 9.66 Å². The molecule has 0 aliphatic carbocycles. The highest BCUT2D eigenvalue weighted by atomic mass is 16.6. The van der Waals surface area contributed by atoms with E-state index >= 15 is 0 Å². The van der Waals surface area contributed by atoms with Crippen LogP contribution in [0.1, 0.15) is 64.2 Å². The van der Waals surface area contributed by atoms with Gasteiger partial charge in [0.25, 0.3) is 0 Å². The largest absolute Gasteiger partial charge is 0.440 e. The van der Waals surface area contributed by atoms with Gasteiger partial charge in [0.15, 0.2) is 0 Å². The van der Waals surface area contributed by atoms with Crippen molar-refractivity contribution in [2.24, 2.45) is 5.73 Å². The molecule has 25 heavy (non-hydrogen) atoms. The molecule has 0 aromatic heterocycles. The molecule has 0 saturated heterocycles. The van der Waals surface area contributed by atoms with Crippen LogP contribution in [-0.2, 0) is 10.8 Å². The first-order valence-electron chi connectivity index (χ1n) is 8.24. The van der Waals surface area contributed by atoms with Crippen molar-refractivity contribution in [3.05, 3.63) is 50.4 Å². The van der Waals surface area contributed by atoms with Gasteiger partial charge in [-0.3, -0.25) is 10.1 Å². The molecule has 0 unspecified atom stereocenters. The van der Waals surface area contributed by atoms with Crippen molar-refractivity contribution in [2.75, 3.05) is 6.54 Å². The fraction of sp³-hybridized carbons (Fsp3) is 0.526. The van der Waals surface area contributed by atoms with Crippen molar-refractivity contribution in [1.29, 1.82) is 5.26 Å². The lowest BCUT2D eigenvalue weighted by Gasteiger charge is -2.33. The molecule has 1 heterocycles. The Morgan fingerprint density at radius 3 is 2.28 bits per heavy atom. The summed E-state index contributed by atoms with van der Waals surface area (Å²) in [5.41, 5.74) is 8.30. The van der Waals surface area contributed by atoms with E-state index < -0.39 is 17.4 Å². The van der Waals surface area contributed by atoms with Gasteiger partial charge in [0.2, 0.25) is 12.4 Å². The van der Waals surface area contributed by atoms with Crippen molar-refractivity contribution in [2.45, 2.75) is 58.3 Å². The fourth-order valence-electron chi connectivity index (χ4n) is 2.98. The minimum atomic E-state index is -0.702. The summed E-state index contributed by atoms with van der Waals surface area (Å²) in [6.45, 7) is 12.0. The van der Waals surface area contributed by atoms with E-state index in [9.17, 15) is 15.4 Å². The van der Waals surface area contributed by atoms with E-state index in [1.54, 1.807) is 0 Å². The lowest BCUT2D eigenvalue weighted by Crippen LogP contribution is -2.28. The lowest BCUT2D eigenvalue weighted by atomic mass is 9.76. The molecule has 1 aromatic rings. The van der Waals surface area contributed by atoms with Gasteiger partial charge in [0.05, 0.1) is 5.92 Å².